The maximum absolute atomic E-state index is 5.44. The zero-order valence-electron chi connectivity index (χ0n) is 5.85. The molecule has 5 nitrogen and oxygen atoms in total. The summed E-state index contributed by atoms with van der Waals surface area (Å²) in [5.74, 6) is 0.267. The van der Waals surface area contributed by atoms with E-state index >= 15 is 0 Å². The van der Waals surface area contributed by atoms with Crippen LogP contribution < -0.4 is 5.73 Å². The van der Waals surface area contributed by atoms with Crippen molar-refractivity contribution in [3.05, 3.63) is 11.0 Å². The molecule has 0 saturated carbocycles. The molecule has 0 aliphatic heterocycles. The topological polar surface area (TPSA) is 72.5 Å². The van der Waals surface area contributed by atoms with E-state index in [0.717, 1.165) is 0 Å². The SMILES string of the molecule is Nc1nc2c(ncn2S)c(=S)[nH]1. The second-order valence-corrected chi connectivity index (χ2v) is 3.05. The van der Waals surface area contributed by atoms with Crippen LogP contribution >= 0.6 is 25.0 Å². The summed E-state index contributed by atoms with van der Waals surface area (Å²) in [6.45, 7) is 0. The van der Waals surface area contributed by atoms with E-state index in [1.807, 2.05) is 0 Å². The maximum Gasteiger partial charge on any atom is 0.200 e. The minimum absolute atomic E-state index is 0.267. The first-order chi connectivity index (χ1) is 5.68. The summed E-state index contributed by atoms with van der Waals surface area (Å²) < 4.78 is 1.94. The predicted molar refractivity (Wildman–Crippen MR) is 51.5 cm³/mol. The van der Waals surface area contributed by atoms with Crippen LogP contribution in [0.2, 0.25) is 0 Å². The number of H-pyrrole nitrogens is 1. The number of rotatable bonds is 0. The number of nitrogen functional groups attached to an aromatic ring is 1. The van der Waals surface area contributed by atoms with Gasteiger partial charge in [-0.1, -0.05) is 25.0 Å². The quantitative estimate of drug-likeness (QED) is 0.433. The molecule has 0 aliphatic carbocycles. The molecule has 0 saturated heterocycles. The summed E-state index contributed by atoms with van der Waals surface area (Å²) in [5, 5.41) is 0. The second kappa shape index (κ2) is 2.46. The molecule has 0 aromatic carbocycles. The lowest BCUT2D eigenvalue weighted by atomic mass is 10.6. The van der Waals surface area contributed by atoms with Gasteiger partial charge in [0, 0.05) is 0 Å². The maximum atomic E-state index is 5.44. The zero-order chi connectivity index (χ0) is 8.72. The van der Waals surface area contributed by atoms with Crippen molar-refractivity contribution in [2.45, 2.75) is 0 Å². The van der Waals surface area contributed by atoms with Gasteiger partial charge in [0.05, 0.1) is 0 Å². The molecule has 2 heterocycles. The highest BCUT2D eigenvalue weighted by molar-refractivity contribution is 7.78. The number of hydrogen-bond acceptors (Lipinski definition) is 5. The van der Waals surface area contributed by atoms with Crippen LogP contribution in [0.1, 0.15) is 0 Å². The second-order valence-electron chi connectivity index (χ2n) is 2.21. The Kier molecular flexibility index (Phi) is 1.55. The fourth-order valence-corrected chi connectivity index (χ4v) is 1.35. The van der Waals surface area contributed by atoms with E-state index < -0.39 is 0 Å². The Morgan fingerprint density at radius 3 is 3.17 bits per heavy atom. The van der Waals surface area contributed by atoms with Crippen LogP contribution in [-0.4, -0.2) is 18.9 Å². The van der Waals surface area contributed by atoms with Gasteiger partial charge in [0.15, 0.2) is 5.65 Å². The predicted octanol–water partition coefficient (Wildman–Crippen LogP) is 0.764. The molecule has 0 spiro atoms. The number of thiol groups is 1. The molecule has 0 fully saturated rings. The third-order valence-corrected chi connectivity index (χ3v) is 2.00. The van der Waals surface area contributed by atoms with Crippen molar-refractivity contribution in [3.8, 4) is 0 Å². The summed E-state index contributed by atoms with van der Waals surface area (Å²) in [6, 6.07) is 0. The van der Waals surface area contributed by atoms with Crippen LogP contribution in [0.25, 0.3) is 11.2 Å². The van der Waals surface area contributed by atoms with Gasteiger partial charge in [-0.05, 0) is 0 Å². The Morgan fingerprint density at radius 2 is 2.42 bits per heavy atom. The van der Waals surface area contributed by atoms with Gasteiger partial charge in [-0.3, -0.25) is 3.97 Å². The van der Waals surface area contributed by atoms with Crippen molar-refractivity contribution < 1.29 is 0 Å². The number of nitrogens with two attached hydrogens (primary N) is 1. The molecule has 0 amide bonds. The summed E-state index contributed by atoms with van der Waals surface area (Å²) in [5.41, 5.74) is 6.62. The number of nitrogens with one attached hydrogen (secondary N) is 1. The van der Waals surface area contributed by atoms with Crippen molar-refractivity contribution in [1.82, 2.24) is 18.9 Å². The fraction of sp³-hybridized carbons (Fsp3) is 0. The molecule has 0 radical (unpaired) electrons. The van der Waals surface area contributed by atoms with Crippen molar-refractivity contribution in [3.63, 3.8) is 0 Å². The lowest BCUT2D eigenvalue weighted by Gasteiger charge is -1.94. The van der Waals surface area contributed by atoms with Gasteiger partial charge < -0.3 is 10.7 Å². The van der Waals surface area contributed by atoms with Gasteiger partial charge in [0.1, 0.15) is 16.5 Å². The number of aromatic nitrogens is 4. The van der Waals surface area contributed by atoms with Gasteiger partial charge in [-0.25, -0.2) is 4.98 Å². The summed E-state index contributed by atoms with van der Waals surface area (Å²) >= 11 is 9.04. The average Bonchev–Trinajstić information content (AvgIpc) is 2.33. The van der Waals surface area contributed by atoms with Crippen molar-refractivity contribution in [2.75, 3.05) is 5.73 Å². The van der Waals surface area contributed by atoms with Crippen LogP contribution in [0.3, 0.4) is 0 Å². The summed E-state index contributed by atoms with van der Waals surface area (Å²) in [7, 11) is 0. The monoisotopic (exact) mass is 199 g/mol. The van der Waals surface area contributed by atoms with Crippen molar-refractivity contribution in [1.29, 1.82) is 0 Å². The van der Waals surface area contributed by atoms with Crippen molar-refractivity contribution >= 4 is 42.1 Å². The third-order valence-electron chi connectivity index (χ3n) is 1.41. The van der Waals surface area contributed by atoms with Crippen LogP contribution in [0, 0.1) is 4.64 Å². The third kappa shape index (κ3) is 0.978. The molecule has 2 aromatic rings. The molecule has 62 valence electrons. The molecule has 3 N–H and O–H groups in total. The number of nitrogens with zero attached hydrogens (tertiary/aromatic N) is 3. The number of imidazole rings is 1. The molecule has 12 heavy (non-hydrogen) atoms. The van der Waals surface area contributed by atoms with E-state index in [-0.39, 0.29) is 5.95 Å². The first-order valence-electron chi connectivity index (χ1n) is 3.10. The molecular weight excluding hydrogens is 194 g/mol. The van der Waals surface area contributed by atoms with Gasteiger partial charge in [-0.2, -0.15) is 4.98 Å². The normalized spacial score (nSPS) is 10.8. The van der Waals surface area contributed by atoms with Crippen LogP contribution in [0.4, 0.5) is 5.95 Å². The highest BCUT2D eigenvalue weighted by Gasteiger charge is 2.03. The highest BCUT2D eigenvalue weighted by atomic mass is 32.1. The molecule has 2 aromatic heterocycles. The standard InChI is InChI=1S/C5H5N5S2/c6-5-8-3-2(4(11)9-5)7-1-10(3)12/h1,12H,(H3,6,8,9,11). The van der Waals surface area contributed by atoms with E-state index in [1.165, 1.54) is 10.3 Å². The Hall–Kier alpha value is -1.08. The molecule has 7 heteroatoms. The van der Waals surface area contributed by atoms with E-state index in [0.29, 0.717) is 15.8 Å². The minimum atomic E-state index is 0.267. The lowest BCUT2D eigenvalue weighted by Crippen LogP contribution is -1.96. The first-order valence-corrected chi connectivity index (χ1v) is 3.91. The Labute approximate surface area is 78.2 Å². The molecule has 2 rings (SSSR count). The molecule has 0 atom stereocenters. The molecule has 0 bridgehead atoms. The van der Waals surface area contributed by atoms with Gasteiger partial charge in [-0.15, -0.1) is 0 Å². The number of anilines is 1. The van der Waals surface area contributed by atoms with Crippen LogP contribution in [0.15, 0.2) is 6.33 Å². The zero-order valence-corrected chi connectivity index (χ0v) is 7.56. The summed E-state index contributed by atoms with van der Waals surface area (Å²) in [6.07, 6.45) is 1.52. The largest absolute Gasteiger partial charge is 0.369 e. The van der Waals surface area contributed by atoms with Crippen LogP contribution in [0.5, 0.6) is 0 Å². The number of aromatic amines is 1. The highest BCUT2D eigenvalue weighted by Crippen LogP contribution is 2.12. The summed E-state index contributed by atoms with van der Waals surface area (Å²) in [4.78, 5) is 10.7. The van der Waals surface area contributed by atoms with Gasteiger partial charge >= 0.3 is 0 Å². The van der Waals surface area contributed by atoms with Gasteiger partial charge in [0.2, 0.25) is 5.95 Å². The van der Waals surface area contributed by atoms with Gasteiger partial charge in [0.25, 0.3) is 0 Å². The number of fused-ring (bicyclic) bond motifs is 1. The minimum Gasteiger partial charge on any atom is -0.369 e. The van der Waals surface area contributed by atoms with E-state index in [1.54, 1.807) is 0 Å². The molecule has 0 aliphatic rings. The first kappa shape index (κ1) is 7.56. The van der Waals surface area contributed by atoms with Crippen LogP contribution in [-0.2, 0) is 0 Å². The van der Waals surface area contributed by atoms with E-state index in [9.17, 15) is 0 Å². The molecular formula is C5H5N5S2. The van der Waals surface area contributed by atoms with E-state index in [4.69, 9.17) is 18.0 Å². The molecule has 0 unspecified atom stereocenters. The Bertz CT molecular complexity index is 484. The van der Waals surface area contributed by atoms with Crippen molar-refractivity contribution in [2.24, 2.45) is 0 Å². The number of hydrogen-bond donors (Lipinski definition) is 3. The fourth-order valence-electron chi connectivity index (χ4n) is 0.915. The smallest absolute Gasteiger partial charge is 0.200 e. The Balaban J connectivity index is 3.03. The average molecular weight is 199 g/mol. The lowest BCUT2D eigenvalue weighted by molar-refractivity contribution is 1.19. The van der Waals surface area contributed by atoms with E-state index in [2.05, 4.69) is 27.8 Å². The Morgan fingerprint density at radius 1 is 1.67 bits per heavy atom.